The third-order valence-electron chi connectivity index (χ3n) is 1.51. The van der Waals surface area contributed by atoms with Crippen molar-refractivity contribution in [3.8, 4) is 0 Å². The zero-order chi connectivity index (χ0) is 6.85. The van der Waals surface area contributed by atoms with Gasteiger partial charge >= 0.3 is 0 Å². The van der Waals surface area contributed by atoms with Gasteiger partial charge in [0.2, 0.25) is 0 Å². The van der Waals surface area contributed by atoms with Crippen molar-refractivity contribution in [1.82, 2.24) is 4.98 Å². The Bertz CT molecular complexity index is 200. The molecule has 1 aromatic heterocycles. The molecule has 0 radical (unpaired) electrons. The van der Waals surface area contributed by atoms with Crippen LogP contribution in [-0.4, -0.2) is 4.98 Å². The van der Waals surface area contributed by atoms with E-state index in [4.69, 9.17) is 0 Å². The SMILES string of the molecule is Cc1cncc(P)c1C. The number of aromatic nitrogens is 1. The summed E-state index contributed by atoms with van der Waals surface area (Å²) in [6.45, 7) is 4.16. The monoisotopic (exact) mass is 139 g/mol. The first-order valence-corrected chi connectivity index (χ1v) is 3.46. The summed E-state index contributed by atoms with van der Waals surface area (Å²) in [4.78, 5) is 4.02. The van der Waals surface area contributed by atoms with Gasteiger partial charge in [0.15, 0.2) is 0 Å². The van der Waals surface area contributed by atoms with Crippen LogP contribution >= 0.6 is 9.24 Å². The van der Waals surface area contributed by atoms with E-state index in [0.717, 1.165) is 0 Å². The first-order chi connectivity index (χ1) is 4.22. The molecule has 0 saturated carbocycles. The normalized spacial score (nSPS) is 9.67. The van der Waals surface area contributed by atoms with E-state index in [1.54, 1.807) is 0 Å². The molecule has 0 fully saturated rings. The van der Waals surface area contributed by atoms with Crippen molar-refractivity contribution in [3.05, 3.63) is 23.5 Å². The van der Waals surface area contributed by atoms with Gasteiger partial charge in [0.05, 0.1) is 0 Å². The number of hydrogen-bond acceptors (Lipinski definition) is 1. The van der Waals surface area contributed by atoms with Gasteiger partial charge in [-0.3, -0.25) is 4.98 Å². The Labute approximate surface area is 57.7 Å². The molecule has 0 amide bonds. The van der Waals surface area contributed by atoms with Gasteiger partial charge in [0.25, 0.3) is 0 Å². The summed E-state index contributed by atoms with van der Waals surface area (Å²) in [7, 11) is 2.66. The van der Waals surface area contributed by atoms with E-state index in [1.165, 1.54) is 16.4 Å². The van der Waals surface area contributed by atoms with Crippen molar-refractivity contribution in [1.29, 1.82) is 0 Å². The second-order valence-corrected chi connectivity index (χ2v) is 2.79. The van der Waals surface area contributed by atoms with E-state index in [9.17, 15) is 0 Å². The highest BCUT2D eigenvalue weighted by atomic mass is 31.0. The topological polar surface area (TPSA) is 12.9 Å². The first kappa shape index (κ1) is 6.70. The van der Waals surface area contributed by atoms with Crippen molar-refractivity contribution in [2.24, 2.45) is 0 Å². The van der Waals surface area contributed by atoms with Gasteiger partial charge in [-0.15, -0.1) is 9.24 Å². The zero-order valence-electron chi connectivity index (χ0n) is 5.68. The molecule has 1 heterocycles. The molecule has 9 heavy (non-hydrogen) atoms. The van der Waals surface area contributed by atoms with Crippen LogP contribution in [0.15, 0.2) is 12.4 Å². The molecule has 1 atom stereocenters. The lowest BCUT2D eigenvalue weighted by atomic mass is 10.2. The smallest absolute Gasteiger partial charge is 0.0342 e. The van der Waals surface area contributed by atoms with E-state index in [2.05, 4.69) is 28.1 Å². The van der Waals surface area contributed by atoms with E-state index in [-0.39, 0.29) is 0 Å². The molecule has 0 aliphatic heterocycles. The highest BCUT2D eigenvalue weighted by molar-refractivity contribution is 7.27. The maximum atomic E-state index is 4.02. The van der Waals surface area contributed by atoms with Crippen LogP contribution in [0.2, 0.25) is 0 Å². The lowest BCUT2D eigenvalue weighted by Crippen LogP contribution is -1.99. The fraction of sp³-hybridized carbons (Fsp3) is 0.286. The number of hydrogen-bond donors (Lipinski definition) is 0. The summed E-state index contributed by atoms with van der Waals surface area (Å²) in [5.41, 5.74) is 2.57. The van der Waals surface area contributed by atoms with Crippen molar-refractivity contribution in [3.63, 3.8) is 0 Å². The summed E-state index contributed by atoms with van der Waals surface area (Å²) in [5, 5.41) is 1.19. The molecule has 0 spiro atoms. The van der Waals surface area contributed by atoms with Crippen LogP contribution in [-0.2, 0) is 0 Å². The van der Waals surface area contributed by atoms with E-state index in [1.807, 2.05) is 12.4 Å². The maximum absolute atomic E-state index is 4.02. The van der Waals surface area contributed by atoms with E-state index in [0.29, 0.717) is 0 Å². The molecule has 1 unspecified atom stereocenters. The Hall–Kier alpha value is -0.420. The second kappa shape index (κ2) is 2.45. The summed E-state index contributed by atoms with van der Waals surface area (Å²) in [6, 6.07) is 0. The van der Waals surface area contributed by atoms with E-state index >= 15 is 0 Å². The van der Waals surface area contributed by atoms with E-state index < -0.39 is 0 Å². The van der Waals surface area contributed by atoms with Crippen molar-refractivity contribution >= 4 is 14.5 Å². The molecule has 0 N–H and O–H groups in total. The molecule has 0 aliphatic rings. The van der Waals surface area contributed by atoms with Crippen LogP contribution in [0.25, 0.3) is 0 Å². The third-order valence-corrected chi connectivity index (χ3v) is 2.09. The molecule has 48 valence electrons. The second-order valence-electron chi connectivity index (χ2n) is 2.17. The van der Waals surface area contributed by atoms with Gasteiger partial charge in [-0.1, -0.05) is 0 Å². The lowest BCUT2D eigenvalue weighted by Gasteiger charge is -1.99. The van der Waals surface area contributed by atoms with Crippen molar-refractivity contribution < 1.29 is 0 Å². The van der Waals surface area contributed by atoms with Gasteiger partial charge < -0.3 is 0 Å². The first-order valence-electron chi connectivity index (χ1n) is 2.88. The number of nitrogens with zero attached hydrogens (tertiary/aromatic N) is 1. The number of pyridine rings is 1. The molecule has 0 aromatic carbocycles. The highest BCUT2D eigenvalue weighted by Gasteiger charge is 1.93. The summed E-state index contributed by atoms with van der Waals surface area (Å²) in [6.07, 6.45) is 3.73. The summed E-state index contributed by atoms with van der Waals surface area (Å²) in [5.74, 6) is 0. The number of rotatable bonds is 0. The number of aryl methyl sites for hydroxylation is 1. The Morgan fingerprint density at radius 2 is 2.00 bits per heavy atom. The molecule has 0 aliphatic carbocycles. The fourth-order valence-electron chi connectivity index (χ4n) is 0.651. The quantitative estimate of drug-likeness (QED) is 0.492. The average molecular weight is 139 g/mol. The maximum Gasteiger partial charge on any atom is 0.0342 e. The van der Waals surface area contributed by atoms with Gasteiger partial charge in [-0.25, -0.2) is 0 Å². The molecule has 2 heteroatoms. The van der Waals surface area contributed by atoms with Crippen LogP contribution < -0.4 is 5.30 Å². The van der Waals surface area contributed by atoms with Crippen molar-refractivity contribution in [2.45, 2.75) is 13.8 Å². The van der Waals surface area contributed by atoms with Gasteiger partial charge in [0.1, 0.15) is 0 Å². The molecule has 1 nitrogen and oxygen atoms in total. The Morgan fingerprint density at radius 1 is 1.33 bits per heavy atom. The molecule has 0 bridgehead atoms. The van der Waals surface area contributed by atoms with Gasteiger partial charge in [-0.05, 0) is 30.3 Å². The largest absolute Gasteiger partial charge is 0.264 e. The standard InChI is InChI=1S/C7H10NP/c1-5-3-8-4-7(9)6(5)2/h3-4H,9H2,1-2H3. The molecular formula is C7H10NP. The van der Waals surface area contributed by atoms with Crippen LogP contribution in [0.1, 0.15) is 11.1 Å². The molecule has 0 saturated heterocycles. The predicted molar refractivity (Wildman–Crippen MR) is 43.1 cm³/mol. The molecular weight excluding hydrogens is 129 g/mol. The third kappa shape index (κ3) is 1.28. The molecule has 1 rings (SSSR count). The fourth-order valence-corrected chi connectivity index (χ4v) is 0.964. The van der Waals surface area contributed by atoms with Crippen LogP contribution in [0.3, 0.4) is 0 Å². The minimum Gasteiger partial charge on any atom is -0.264 e. The Balaban J connectivity index is 3.25. The predicted octanol–water partition coefficient (Wildman–Crippen LogP) is 1.20. The van der Waals surface area contributed by atoms with Gasteiger partial charge in [0, 0.05) is 12.4 Å². The minimum absolute atomic E-state index is 1.19. The van der Waals surface area contributed by atoms with Gasteiger partial charge in [-0.2, -0.15) is 0 Å². The minimum atomic E-state index is 1.19. The summed E-state index contributed by atoms with van der Waals surface area (Å²) >= 11 is 0. The zero-order valence-corrected chi connectivity index (χ0v) is 6.83. The van der Waals surface area contributed by atoms with Crippen LogP contribution in [0.5, 0.6) is 0 Å². The average Bonchev–Trinajstić information content (AvgIpc) is 1.83. The Kier molecular flexibility index (Phi) is 1.82. The van der Waals surface area contributed by atoms with Crippen molar-refractivity contribution in [2.75, 3.05) is 0 Å². The highest BCUT2D eigenvalue weighted by Crippen LogP contribution is 2.02. The van der Waals surface area contributed by atoms with Crippen LogP contribution in [0.4, 0.5) is 0 Å². The Morgan fingerprint density at radius 3 is 2.44 bits per heavy atom. The molecule has 1 aromatic rings. The van der Waals surface area contributed by atoms with Crippen LogP contribution in [0, 0.1) is 13.8 Å². The lowest BCUT2D eigenvalue weighted by molar-refractivity contribution is 1.24. The summed E-state index contributed by atoms with van der Waals surface area (Å²) < 4.78 is 0.